The van der Waals surface area contributed by atoms with Gasteiger partial charge in [0.2, 0.25) is 0 Å². The van der Waals surface area contributed by atoms with E-state index in [0.717, 1.165) is 0 Å². The van der Waals surface area contributed by atoms with Crippen LogP contribution in [-0.2, 0) is 20.3 Å². The molecule has 0 aliphatic heterocycles. The standard InChI is InChI=1S/C9H18N2O4S/c1-4-15-8(12)5-10-9(13)11-7(2)6-16(3)14/h7H,4-6H2,1-3H3,(H2,10,11,13). The predicted molar refractivity (Wildman–Crippen MR) is 61.6 cm³/mol. The highest BCUT2D eigenvalue weighted by molar-refractivity contribution is 7.84. The van der Waals surface area contributed by atoms with Crippen molar-refractivity contribution >= 4 is 22.8 Å². The molecule has 7 heteroatoms. The molecular formula is C9H18N2O4S. The lowest BCUT2D eigenvalue weighted by Crippen LogP contribution is -2.44. The first-order chi connectivity index (χ1) is 7.45. The van der Waals surface area contributed by atoms with Gasteiger partial charge in [-0.2, -0.15) is 0 Å². The van der Waals surface area contributed by atoms with Gasteiger partial charge in [0.1, 0.15) is 6.54 Å². The molecule has 0 aromatic rings. The minimum atomic E-state index is -0.962. The van der Waals surface area contributed by atoms with E-state index in [-0.39, 0.29) is 19.2 Å². The molecule has 94 valence electrons. The number of hydrogen-bond donors (Lipinski definition) is 2. The second-order valence-electron chi connectivity index (χ2n) is 3.27. The molecule has 0 aromatic heterocycles. The van der Waals surface area contributed by atoms with Gasteiger partial charge in [0, 0.05) is 28.9 Å². The molecule has 0 spiro atoms. The van der Waals surface area contributed by atoms with Gasteiger partial charge in [-0.25, -0.2) is 4.79 Å². The Morgan fingerprint density at radius 2 is 2.06 bits per heavy atom. The summed E-state index contributed by atoms with van der Waals surface area (Å²) in [6, 6.07) is -0.668. The second-order valence-corrected chi connectivity index (χ2v) is 4.75. The minimum Gasteiger partial charge on any atom is -0.465 e. The molecule has 0 heterocycles. The van der Waals surface area contributed by atoms with Crippen LogP contribution in [0.4, 0.5) is 4.79 Å². The SMILES string of the molecule is CCOC(=O)CNC(=O)NC(C)CS(C)=O. The van der Waals surface area contributed by atoms with E-state index >= 15 is 0 Å². The first kappa shape index (κ1) is 14.9. The van der Waals surface area contributed by atoms with Crippen LogP contribution >= 0.6 is 0 Å². The largest absolute Gasteiger partial charge is 0.465 e. The number of carbonyl (C=O) groups is 2. The van der Waals surface area contributed by atoms with Crippen molar-refractivity contribution in [1.82, 2.24) is 10.6 Å². The Bertz CT molecular complexity index is 270. The van der Waals surface area contributed by atoms with Crippen molar-refractivity contribution < 1.29 is 18.5 Å². The number of rotatable bonds is 6. The Balaban J connectivity index is 3.73. The van der Waals surface area contributed by atoms with E-state index in [0.29, 0.717) is 5.75 Å². The Hall–Kier alpha value is -1.11. The van der Waals surface area contributed by atoms with Gasteiger partial charge in [0.05, 0.1) is 6.61 Å². The summed E-state index contributed by atoms with van der Waals surface area (Å²) < 4.78 is 15.5. The fourth-order valence-corrected chi connectivity index (χ4v) is 1.82. The second kappa shape index (κ2) is 8.09. The quantitative estimate of drug-likeness (QED) is 0.629. The summed E-state index contributed by atoms with van der Waals surface area (Å²) in [5.74, 6) is -0.100. The zero-order chi connectivity index (χ0) is 12.6. The smallest absolute Gasteiger partial charge is 0.325 e. The molecule has 2 amide bonds. The molecule has 2 unspecified atom stereocenters. The Morgan fingerprint density at radius 3 is 2.56 bits per heavy atom. The Kier molecular flexibility index (Phi) is 7.53. The highest BCUT2D eigenvalue weighted by Gasteiger charge is 2.09. The zero-order valence-corrected chi connectivity index (χ0v) is 10.6. The molecule has 0 saturated carbocycles. The van der Waals surface area contributed by atoms with E-state index in [9.17, 15) is 13.8 Å². The van der Waals surface area contributed by atoms with Crippen LogP contribution in [0, 0.1) is 0 Å². The summed E-state index contributed by atoms with van der Waals surface area (Å²) in [7, 11) is -0.962. The maximum atomic E-state index is 11.2. The van der Waals surface area contributed by atoms with Gasteiger partial charge in [0.15, 0.2) is 0 Å². The van der Waals surface area contributed by atoms with Crippen molar-refractivity contribution in [3.05, 3.63) is 0 Å². The van der Waals surface area contributed by atoms with E-state index in [2.05, 4.69) is 15.4 Å². The van der Waals surface area contributed by atoms with Crippen LogP contribution < -0.4 is 10.6 Å². The van der Waals surface area contributed by atoms with Crippen LogP contribution in [0.15, 0.2) is 0 Å². The number of nitrogens with one attached hydrogen (secondary N) is 2. The van der Waals surface area contributed by atoms with Crippen LogP contribution in [0.2, 0.25) is 0 Å². The molecule has 0 rings (SSSR count). The molecule has 0 aliphatic carbocycles. The fraction of sp³-hybridized carbons (Fsp3) is 0.778. The molecule has 2 atom stereocenters. The van der Waals surface area contributed by atoms with Gasteiger partial charge in [0.25, 0.3) is 0 Å². The summed E-state index contributed by atoms with van der Waals surface area (Å²) in [4.78, 5) is 22.1. The Morgan fingerprint density at radius 1 is 1.44 bits per heavy atom. The molecule has 0 radical (unpaired) electrons. The van der Waals surface area contributed by atoms with Crippen LogP contribution in [0.25, 0.3) is 0 Å². The topological polar surface area (TPSA) is 84.5 Å². The first-order valence-electron chi connectivity index (χ1n) is 4.95. The average Bonchev–Trinajstić information content (AvgIpc) is 2.13. The van der Waals surface area contributed by atoms with Crippen molar-refractivity contribution in [2.24, 2.45) is 0 Å². The molecule has 0 aromatic carbocycles. The average molecular weight is 250 g/mol. The molecule has 0 bridgehead atoms. The summed E-state index contributed by atoms with van der Waals surface area (Å²) >= 11 is 0. The van der Waals surface area contributed by atoms with Crippen molar-refractivity contribution in [1.29, 1.82) is 0 Å². The monoisotopic (exact) mass is 250 g/mol. The summed E-state index contributed by atoms with van der Waals surface area (Å²) in [6.45, 7) is 3.55. The van der Waals surface area contributed by atoms with E-state index < -0.39 is 22.8 Å². The number of urea groups is 1. The van der Waals surface area contributed by atoms with E-state index in [1.807, 2.05) is 0 Å². The molecular weight excluding hydrogens is 232 g/mol. The third kappa shape index (κ3) is 8.22. The van der Waals surface area contributed by atoms with Gasteiger partial charge in [-0.15, -0.1) is 0 Å². The van der Waals surface area contributed by atoms with E-state index in [4.69, 9.17) is 0 Å². The van der Waals surface area contributed by atoms with Crippen molar-refractivity contribution in [2.45, 2.75) is 19.9 Å². The van der Waals surface area contributed by atoms with Crippen molar-refractivity contribution in [2.75, 3.05) is 25.2 Å². The lowest BCUT2D eigenvalue weighted by Gasteiger charge is -2.12. The fourth-order valence-electron chi connectivity index (χ4n) is 1.03. The van der Waals surface area contributed by atoms with Gasteiger partial charge >= 0.3 is 12.0 Å². The predicted octanol–water partition coefficient (Wildman–Crippen LogP) is -0.384. The van der Waals surface area contributed by atoms with E-state index in [1.54, 1.807) is 20.1 Å². The molecule has 6 nitrogen and oxygen atoms in total. The molecule has 0 fully saturated rings. The third-order valence-corrected chi connectivity index (χ3v) is 2.53. The zero-order valence-electron chi connectivity index (χ0n) is 9.74. The molecule has 0 aliphatic rings. The highest BCUT2D eigenvalue weighted by Crippen LogP contribution is 1.85. The molecule has 0 saturated heterocycles. The number of ether oxygens (including phenoxy) is 1. The molecule has 16 heavy (non-hydrogen) atoms. The van der Waals surface area contributed by atoms with Crippen LogP contribution in [0.1, 0.15) is 13.8 Å². The van der Waals surface area contributed by atoms with E-state index in [1.165, 1.54) is 0 Å². The summed E-state index contributed by atoms with van der Waals surface area (Å²) in [6.07, 6.45) is 1.56. The first-order valence-corrected chi connectivity index (χ1v) is 6.68. The molecule has 2 N–H and O–H groups in total. The lowest BCUT2D eigenvalue weighted by atomic mass is 10.4. The third-order valence-electron chi connectivity index (χ3n) is 1.56. The van der Waals surface area contributed by atoms with Crippen molar-refractivity contribution in [3.63, 3.8) is 0 Å². The maximum Gasteiger partial charge on any atom is 0.325 e. The van der Waals surface area contributed by atoms with Crippen LogP contribution in [0.5, 0.6) is 0 Å². The van der Waals surface area contributed by atoms with Gasteiger partial charge in [-0.3, -0.25) is 9.00 Å². The van der Waals surface area contributed by atoms with Crippen LogP contribution in [0.3, 0.4) is 0 Å². The maximum absolute atomic E-state index is 11.2. The number of esters is 1. The Labute approximate surface area is 97.6 Å². The van der Waals surface area contributed by atoms with Crippen molar-refractivity contribution in [3.8, 4) is 0 Å². The normalized spacial score (nSPS) is 13.7. The lowest BCUT2D eigenvalue weighted by molar-refractivity contribution is -0.141. The summed E-state index contributed by atoms with van der Waals surface area (Å²) in [5.41, 5.74) is 0. The van der Waals surface area contributed by atoms with Gasteiger partial charge in [-0.05, 0) is 13.8 Å². The van der Waals surface area contributed by atoms with Gasteiger partial charge < -0.3 is 15.4 Å². The van der Waals surface area contributed by atoms with Crippen LogP contribution in [-0.4, -0.2) is 47.4 Å². The summed E-state index contributed by atoms with van der Waals surface area (Å²) in [5, 5.41) is 4.91. The minimum absolute atomic E-state index is 0.165. The number of amides is 2. The number of hydrogen-bond acceptors (Lipinski definition) is 4. The highest BCUT2D eigenvalue weighted by atomic mass is 32.2. The van der Waals surface area contributed by atoms with Gasteiger partial charge in [-0.1, -0.05) is 0 Å². The number of carbonyl (C=O) groups excluding carboxylic acids is 2.